The smallest absolute Gasteiger partial charge is 0.254 e. The fraction of sp³-hybridized carbons (Fsp3) is 0.467. The number of ether oxygens (including phenoxy) is 3. The van der Waals surface area contributed by atoms with Crippen molar-refractivity contribution < 1.29 is 44.3 Å². The number of para-hydroxylation sites is 3. The average molecular weight is 1830 g/mol. The number of nitrogens with zero attached hydrogens (tertiary/aromatic N) is 11. The number of hydrogen-bond acceptors (Lipinski definition) is 26. The Hall–Kier alpha value is -9.21. The molecule has 0 atom stereocenters. The van der Waals surface area contributed by atoms with Crippen LogP contribution in [0, 0.1) is 20.8 Å². The number of aromatic nitrogens is 6. The number of hydrogen-bond donors (Lipinski definition) is 6. The van der Waals surface area contributed by atoms with Gasteiger partial charge in [-0.2, -0.15) is 15.0 Å². The van der Waals surface area contributed by atoms with Gasteiger partial charge in [0.2, 0.25) is 17.8 Å². The molecular weight excluding hydrogens is 1710 g/mol. The Bertz CT molecular complexity index is 5600. The quantitative estimate of drug-likeness (QED) is 0.0265. The van der Waals surface area contributed by atoms with E-state index in [0.717, 1.165) is 93.4 Å². The van der Waals surface area contributed by atoms with E-state index in [-0.39, 0.29) is 65.7 Å². The van der Waals surface area contributed by atoms with Gasteiger partial charge in [0.15, 0.2) is 47.0 Å². The Morgan fingerprint density at radius 2 is 0.688 bits per heavy atom. The van der Waals surface area contributed by atoms with Crippen LogP contribution in [-0.4, -0.2) is 212 Å². The molecule has 6 aromatic carbocycles. The fourth-order valence-electron chi connectivity index (χ4n) is 15.5. The van der Waals surface area contributed by atoms with Gasteiger partial charge in [-0.05, 0) is 315 Å². The van der Waals surface area contributed by atoms with Crippen LogP contribution in [0.5, 0.6) is 17.2 Å². The van der Waals surface area contributed by atoms with E-state index in [1.165, 1.54) is 66.8 Å². The lowest BCUT2D eigenvalue weighted by Gasteiger charge is -2.41. The first-order chi connectivity index (χ1) is 59.2. The highest BCUT2D eigenvalue weighted by Gasteiger charge is 2.33. The van der Waals surface area contributed by atoms with Crippen LogP contribution in [0.3, 0.4) is 0 Å². The summed E-state index contributed by atoms with van der Waals surface area (Å²) in [5.41, 5.74) is 9.68. The SMILES string of the molecule is Cc1cc(Nc2ncc(Cl)c(Nc3ccccc3S(=O)(=O)C(C)C)n2)c(OC(C)C)cc1C(=O)N1CCN(C)CC1.Cc1cc(Nc2ncc(Cl)c(Nc3ccccc3S(=O)(=O)C(C)C)n2)c(OC(C)C)cc1C1CCN(C)CC1.Cc1cc(Nc2ncc(Cl)c(Nc3ccccc3S(=O)(=O)C(C)C)n2)c(OC(C)C)cc1C1CCN(C2CCN(C)CC2)CC1. The zero-order valence-corrected chi connectivity index (χ0v) is 79.7. The zero-order chi connectivity index (χ0) is 90.5. The molecule has 4 aliphatic rings. The van der Waals surface area contributed by atoms with E-state index in [4.69, 9.17) is 49.0 Å². The summed E-state index contributed by atoms with van der Waals surface area (Å²) >= 11 is 19.3. The number of carbonyl (C=O) groups excluding carboxylic acids is 1. The second-order valence-corrected chi connectivity index (χ2v) is 42.9. The molecule has 0 bridgehead atoms. The third-order valence-electron chi connectivity index (χ3n) is 22.7. The van der Waals surface area contributed by atoms with Crippen LogP contribution in [0.25, 0.3) is 0 Å². The molecule has 0 spiro atoms. The maximum absolute atomic E-state index is 13.4. The number of piperidine rings is 3. The van der Waals surface area contributed by atoms with E-state index in [0.29, 0.717) is 88.6 Å². The molecule has 0 radical (unpaired) electrons. The number of likely N-dealkylation sites (tertiary alicyclic amines) is 3. The van der Waals surface area contributed by atoms with Gasteiger partial charge in [0.25, 0.3) is 5.91 Å². The summed E-state index contributed by atoms with van der Waals surface area (Å²) in [6.07, 6.45) is 11.3. The van der Waals surface area contributed by atoms with E-state index in [2.05, 4.69) is 134 Å². The Morgan fingerprint density at radius 1 is 0.384 bits per heavy atom. The number of amides is 1. The molecule has 0 unspecified atom stereocenters. The molecule has 0 saturated carbocycles. The Balaban J connectivity index is 0.000000183. The van der Waals surface area contributed by atoms with Gasteiger partial charge in [0.1, 0.15) is 32.3 Å². The normalized spacial score (nSPS) is 15.8. The average Bonchev–Trinajstić information content (AvgIpc) is 0.819. The second kappa shape index (κ2) is 42.6. The van der Waals surface area contributed by atoms with E-state index >= 15 is 0 Å². The molecule has 9 aromatic rings. The van der Waals surface area contributed by atoms with Gasteiger partial charge in [-0.3, -0.25) is 4.79 Å². The number of benzene rings is 6. The van der Waals surface area contributed by atoms with E-state index in [9.17, 15) is 30.0 Å². The molecule has 4 saturated heterocycles. The number of anilines is 12. The van der Waals surface area contributed by atoms with Crippen LogP contribution < -0.4 is 46.1 Å². The highest BCUT2D eigenvalue weighted by molar-refractivity contribution is 7.92. The molecule has 7 heterocycles. The number of nitrogens with one attached hydrogen (secondary N) is 6. The van der Waals surface area contributed by atoms with Gasteiger partial charge >= 0.3 is 0 Å². The minimum absolute atomic E-state index is 0.0126. The molecule has 6 N–H and O–H groups in total. The third kappa shape index (κ3) is 24.8. The van der Waals surface area contributed by atoms with Crippen LogP contribution in [0.4, 0.5) is 69.4 Å². The summed E-state index contributed by atoms with van der Waals surface area (Å²) in [4.78, 5) is 52.3. The minimum Gasteiger partial charge on any atom is -0.489 e. The summed E-state index contributed by atoms with van der Waals surface area (Å²) in [7, 11) is -4.17. The molecule has 33 heteroatoms. The Labute approximate surface area is 754 Å². The third-order valence-corrected chi connectivity index (χ3v) is 30.1. The van der Waals surface area contributed by atoms with Gasteiger partial charge in [0, 0.05) is 37.8 Å². The summed E-state index contributed by atoms with van der Waals surface area (Å²) in [5, 5.41) is 18.1. The molecule has 27 nitrogen and oxygen atoms in total. The first-order valence-corrected chi connectivity index (χ1v) is 48.7. The molecule has 125 heavy (non-hydrogen) atoms. The van der Waals surface area contributed by atoms with Crippen molar-refractivity contribution in [1.82, 2.24) is 54.4 Å². The number of likely N-dealkylation sites (N-methyl/N-ethyl adjacent to an activating group) is 1. The van der Waals surface area contributed by atoms with Gasteiger partial charge in [-0.1, -0.05) is 71.2 Å². The van der Waals surface area contributed by atoms with Crippen molar-refractivity contribution in [3.05, 3.63) is 176 Å². The number of aryl methyl sites for hydroxylation is 3. The highest BCUT2D eigenvalue weighted by atomic mass is 35.5. The van der Waals surface area contributed by atoms with Crippen molar-refractivity contribution in [2.24, 2.45) is 0 Å². The van der Waals surface area contributed by atoms with Crippen LogP contribution in [-0.2, 0) is 29.5 Å². The largest absolute Gasteiger partial charge is 0.489 e. The topological polar surface area (TPSA) is 313 Å². The Kier molecular flexibility index (Phi) is 32.9. The first kappa shape index (κ1) is 96.4. The molecule has 4 aliphatic heterocycles. The van der Waals surface area contributed by atoms with Crippen molar-refractivity contribution in [3.63, 3.8) is 0 Å². The lowest BCUT2D eigenvalue weighted by molar-refractivity contribution is 0.0662. The predicted octanol–water partition coefficient (Wildman–Crippen LogP) is 19.2. The summed E-state index contributed by atoms with van der Waals surface area (Å²) in [5.74, 6) is 4.62. The summed E-state index contributed by atoms with van der Waals surface area (Å²) in [6, 6.07) is 33.0. The molecule has 674 valence electrons. The van der Waals surface area contributed by atoms with Crippen molar-refractivity contribution in [3.8, 4) is 17.2 Å². The monoisotopic (exact) mass is 1830 g/mol. The molecule has 3 aromatic heterocycles. The van der Waals surface area contributed by atoms with Gasteiger partial charge < -0.3 is 70.6 Å². The van der Waals surface area contributed by atoms with Crippen LogP contribution in [0.2, 0.25) is 15.1 Å². The van der Waals surface area contributed by atoms with Gasteiger partial charge in [-0.25, -0.2) is 40.2 Å². The van der Waals surface area contributed by atoms with Crippen LogP contribution in [0.1, 0.15) is 172 Å². The molecule has 1 amide bonds. The standard InChI is InChI=1S/C34H47ClN6O3S.C29H37ClN6O4S.C29H38ClN5O3S/c1-22(2)44-31-20-27(25-11-17-41(18-12-25)26-13-15-40(6)16-14-26)24(5)19-30(31)38-34-36-21-28(35)33(39-34)37-29-9-7-8-10-32(29)45(42,43)23(3)4;1-18(2)40-25-16-21(28(37)36-13-11-35(6)12-14-36)20(5)15-24(25)33-29-31-17-22(30)27(34-29)32-23-9-7-8-10-26(23)41(38,39)19(3)4;1-18(2)38-26-16-22(21-11-13-35(6)14-12-21)20(5)15-25(26)33-29-31-17-23(30)28(34-29)32-24-9-7-8-10-27(24)39(36,37)19(3)4/h7-10,19-23,25-26H,11-18H2,1-6H3,(H2,36,37,38,39);7-10,15-19H,11-14H2,1-6H3,(H2,31,32,33,34);7-10,15-19,21H,11-14H2,1-6H3,(H2,31,32,33,34). The molecule has 4 fully saturated rings. The number of carbonyl (C=O) groups is 1. The van der Waals surface area contributed by atoms with Crippen molar-refractivity contribution in [2.45, 2.75) is 209 Å². The minimum atomic E-state index is -3.56. The molecular formula is C92H122Cl3N17O10S3. The summed E-state index contributed by atoms with van der Waals surface area (Å²) < 4.78 is 96.3. The lowest BCUT2D eigenvalue weighted by Crippen LogP contribution is -2.47. The Morgan fingerprint density at radius 3 is 1.02 bits per heavy atom. The van der Waals surface area contributed by atoms with E-state index < -0.39 is 45.3 Å². The molecule has 0 aliphatic carbocycles. The lowest BCUT2D eigenvalue weighted by atomic mass is 9.85. The highest BCUT2D eigenvalue weighted by Crippen LogP contribution is 2.43. The van der Waals surface area contributed by atoms with Crippen LogP contribution in [0.15, 0.2) is 142 Å². The number of piperazine rings is 1. The predicted molar refractivity (Wildman–Crippen MR) is 505 cm³/mol. The second-order valence-electron chi connectivity index (χ2n) is 34.3. The van der Waals surface area contributed by atoms with E-state index in [1.54, 1.807) is 120 Å². The number of halogens is 3. The maximum atomic E-state index is 13.4. The number of sulfone groups is 3. The number of rotatable bonds is 28. The van der Waals surface area contributed by atoms with Crippen molar-refractivity contribution in [2.75, 3.05) is 118 Å². The van der Waals surface area contributed by atoms with Gasteiger partial charge in [0.05, 0.1) is 101 Å². The van der Waals surface area contributed by atoms with Crippen molar-refractivity contribution in [1.29, 1.82) is 0 Å². The maximum Gasteiger partial charge on any atom is 0.254 e. The fourth-order valence-corrected chi connectivity index (χ4v) is 19.5. The first-order valence-electron chi connectivity index (χ1n) is 43.0. The van der Waals surface area contributed by atoms with Crippen molar-refractivity contribution >= 4 is 140 Å². The molecule has 13 rings (SSSR count). The zero-order valence-electron chi connectivity index (χ0n) is 75.0. The summed E-state index contributed by atoms with van der Waals surface area (Å²) in [6.45, 7) is 37.8. The van der Waals surface area contributed by atoms with Gasteiger partial charge in [-0.15, -0.1) is 0 Å². The van der Waals surface area contributed by atoms with Crippen LogP contribution >= 0.6 is 34.8 Å². The van der Waals surface area contributed by atoms with E-state index in [1.807, 2.05) is 66.5 Å².